The summed E-state index contributed by atoms with van der Waals surface area (Å²) in [5, 5.41) is 2.30. The zero-order valence-electron chi connectivity index (χ0n) is 14.3. The van der Waals surface area contributed by atoms with Gasteiger partial charge in [0.15, 0.2) is 12.7 Å². The molecule has 2 aliphatic rings. The van der Waals surface area contributed by atoms with E-state index in [9.17, 15) is 14.4 Å². The maximum Gasteiger partial charge on any atom is 0.335 e. The third kappa shape index (κ3) is 6.20. The molecule has 7 heteroatoms. The summed E-state index contributed by atoms with van der Waals surface area (Å²) in [6.45, 7) is 2.16. The van der Waals surface area contributed by atoms with Gasteiger partial charge in [-0.05, 0) is 32.6 Å². The van der Waals surface area contributed by atoms with Crippen molar-refractivity contribution in [3.05, 3.63) is 0 Å². The molecule has 2 fully saturated rings. The molecular weight excluding hydrogens is 314 g/mol. The molecule has 1 aliphatic carbocycles. The predicted octanol–water partition coefficient (Wildman–Crippen LogP) is 1.34. The Morgan fingerprint density at radius 1 is 1.12 bits per heavy atom. The van der Waals surface area contributed by atoms with Crippen molar-refractivity contribution in [2.75, 3.05) is 19.8 Å². The molecule has 0 aromatic rings. The maximum atomic E-state index is 11.9. The Morgan fingerprint density at radius 3 is 2.54 bits per heavy atom. The molecule has 24 heavy (non-hydrogen) atoms. The average Bonchev–Trinajstić information content (AvgIpc) is 3.11. The van der Waals surface area contributed by atoms with Gasteiger partial charge in [-0.15, -0.1) is 0 Å². The molecule has 2 amide bonds. The third-order valence-corrected chi connectivity index (χ3v) is 4.47. The van der Waals surface area contributed by atoms with Gasteiger partial charge < -0.3 is 14.2 Å². The fraction of sp³-hybridized carbons (Fsp3) is 0.824. The van der Waals surface area contributed by atoms with Gasteiger partial charge in [0.1, 0.15) is 0 Å². The van der Waals surface area contributed by atoms with E-state index in [0.29, 0.717) is 6.61 Å². The van der Waals surface area contributed by atoms with Crippen molar-refractivity contribution >= 4 is 17.8 Å². The van der Waals surface area contributed by atoms with Crippen molar-refractivity contribution in [1.29, 1.82) is 0 Å². The molecule has 136 valence electrons. The van der Waals surface area contributed by atoms with Crippen LogP contribution in [0, 0.1) is 5.92 Å². The van der Waals surface area contributed by atoms with Gasteiger partial charge in [0.05, 0.1) is 12.7 Å². The Morgan fingerprint density at radius 2 is 1.88 bits per heavy atom. The first kappa shape index (κ1) is 18.9. The van der Waals surface area contributed by atoms with Gasteiger partial charge in [-0.3, -0.25) is 14.9 Å². The lowest BCUT2D eigenvalue weighted by Crippen LogP contribution is -2.39. The number of ether oxygens (including phenoxy) is 3. The summed E-state index contributed by atoms with van der Waals surface area (Å²) in [5.41, 5.74) is 0. The summed E-state index contributed by atoms with van der Waals surface area (Å²) >= 11 is 0. The second kappa shape index (κ2) is 9.74. The minimum absolute atomic E-state index is 0.0247. The topological polar surface area (TPSA) is 90.9 Å². The van der Waals surface area contributed by atoms with Crippen molar-refractivity contribution in [2.45, 2.75) is 64.1 Å². The highest BCUT2D eigenvalue weighted by Crippen LogP contribution is 2.23. The lowest BCUT2D eigenvalue weighted by Gasteiger charge is -2.20. The van der Waals surface area contributed by atoms with Crippen molar-refractivity contribution in [3.63, 3.8) is 0 Å². The highest BCUT2D eigenvalue weighted by molar-refractivity contribution is 5.97. The second-order valence-corrected chi connectivity index (χ2v) is 6.47. The molecule has 1 saturated heterocycles. The predicted molar refractivity (Wildman–Crippen MR) is 85.1 cm³/mol. The van der Waals surface area contributed by atoms with E-state index in [2.05, 4.69) is 5.32 Å². The minimum atomic E-state index is -0.768. The molecule has 0 radical (unpaired) electrons. The molecular formula is C17H27NO6. The Balaban J connectivity index is 1.60. The van der Waals surface area contributed by atoms with Gasteiger partial charge in [-0.25, -0.2) is 4.79 Å². The molecule has 1 saturated carbocycles. The number of esters is 1. The minimum Gasteiger partial charge on any atom is -0.454 e. The number of nitrogens with one attached hydrogen (secondary N) is 1. The van der Waals surface area contributed by atoms with Crippen LogP contribution in [-0.4, -0.2) is 49.8 Å². The summed E-state index contributed by atoms with van der Waals surface area (Å²) in [4.78, 5) is 35.4. The first-order valence-electron chi connectivity index (χ1n) is 8.80. The Hall–Kier alpha value is -1.47. The summed E-state index contributed by atoms with van der Waals surface area (Å²) in [7, 11) is 0. The van der Waals surface area contributed by atoms with Crippen molar-refractivity contribution in [2.24, 2.45) is 5.92 Å². The van der Waals surface area contributed by atoms with Gasteiger partial charge in [0, 0.05) is 12.5 Å². The molecule has 0 aromatic heterocycles. The summed E-state index contributed by atoms with van der Waals surface area (Å²) in [6, 6.07) is 0. The van der Waals surface area contributed by atoms with E-state index in [1.807, 2.05) is 0 Å². The molecule has 1 aliphatic heterocycles. The van der Waals surface area contributed by atoms with E-state index in [-0.39, 0.29) is 17.9 Å². The fourth-order valence-corrected chi connectivity index (χ4v) is 2.99. The molecule has 2 rings (SSSR count). The molecule has 1 N–H and O–H groups in total. The van der Waals surface area contributed by atoms with Crippen LogP contribution < -0.4 is 5.32 Å². The zero-order valence-corrected chi connectivity index (χ0v) is 14.3. The lowest BCUT2D eigenvalue weighted by molar-refractivity contribution is -0.161. The van der Waals surface area contributed by atoms with Crippen molar-refractivity contribution in [3.8, 4) is 0 Å². The number of rotatable bonds is 7. The van der Waals surface area contributed by atoms with E-state index >= 15 is 0 Å². The van der Waals surface area contributed by atoms with E-state index in [1.165, 1.54) is 0 Å². The number of amides is 2. The van der Waals surface area contributed by atoms with Gasteiger partial charge in [-0.2, -0.15) is 0 Å². The van der Waals surface area contributed by atoms with Crippen LogP contribution in [-0.2, 0) is 28.6 Å². The van der Waals surface area contributed by atoms with E-state index in [0.717, 1.165) is 51.6 Å². The smallest absolute Gasteiger partial charge is 0.335 e. The van der Waals surface area contributed by atoms with Gasteiger partial charge in [0.25, 0.3) is 5.91 Å². The fourth-order valence-electron chi connectivity index (χ4n) is 2.99. The number of hydrogen-bond donors (Lipinski definition) is 1. The van der Waals surface area contributed by atoms with E-state index in [4.69, 9.17) is 14.2 Å². The largest absolute Gasteiger partial charge is 0.454 e. The summed E-state index contributed by atoms with van der Waals surface area (Å²) in [5.74, 6) is -1.58. The second-order valence-electron chi connectivity index (χ2n) is 6.47. The standard InChI is InChI=1S/C17H27NO6/c1-12(23-10-14-8-5-9-22-14)17(21)24-11-15(19)18-16(20)13-6-3-2-4-7-13/h12-14H,2-11H2,1H3,(H,18,19,20). The quantitative estimate of drug-likeness (QED) is 0.703. The molecule has 0 spiro atoms. The van der Waals surface area contributed by atoms with E-state index in [1.54, 1.807) is 6.92 Å². The first-order valence-corrected chi connectivity index (χ1v) is 8.80. The monoisotopic (exact) mass is 341 g/mol. The molecule has 2 atom stereocenters. The Labute approximate surface area is 142 Å². The Bertz CT molecular complexity index is 440. The van der Waals surface area contributed by atoms with Crippen LogP contribution in [0.2, 0.25) is 0 Å². The van der Waals surface area contributed by atoms with E-state index < -0.39 is 24.6 Å². The van der Waals surface area contributed by atoms with Gasteiger partial charge in [-0.1, -0.05) is 19.3 Å². The number of carbonyl (C=O) groups is 3. The van der Waals surface area contributed by atoms with Crippen LogP contribution in [0.3, 0.4) is 0 Å². The van der Waals surface area contributed by atoms with Gasteiger partial charge in [0.2, 0.25) is 5.91 Å². The summed E-state index contributed by atoms with van der Waals surface area (Å²) in [6.07, 6.45) is 5.98. The van der Waals surface area contributed by atoms with Crippen LogP contribution in [0.4, 0.5) is 0 Å². The highest BCUT2D eigenvalue weighted by atomic mass is 16.6. The van der Waals surface area contributed by atoms with Crippen LogP contribution in [0.5, 0.6) is 0 Å². The Kier molecular flexibility index (Phi) is 7.65. The van der Waals surface area contributed by atoms with Crippen molar-refractivity contribution < 1.29 is 28.6 Å². The SMILES string of the molecule is CC(OCC1CCCO1)C(=O)OCC(=O)NC(=O)C1CCCCC1. The molecule has 0 bridgehead atoms. The molecule has 2 unspecified atom stereocenters. The summed E-state index contributed by atoms with van der Waals surface area (Å²) < 4.78 is 15.7. The van der Waals surface area contributed by atoms with Crippen LogP contribution in [0.25, 0.3) is 0 Å². The normalized spacial score (nSPS) is 22.8. The molecule has 0 aromatic carbocycles. The number of carbonyl (C=O) groups excluding carboxylic acids is 3. The van der Waals surface area contributed by atoms with Crippen LogP contribution in [0.15, 0.2) is 0 Å². The number of imide groups is 1. The van der Waals surface area contributed by atoms with Crippen LogP contribution in [0.1, 0.15) is 51.9 Å². The maximum absolute atomic E-state index is 11.9. The number of hydrogen-bond acceptors (Lipinski definition) is 6. The average molecular weight is 341 g/mol. The van der Waals surface area contributed by atoms with Crippen molar-refractivity contribution in [1.82, 2.24) is 5.32 Å². The first-order chi connectivity index (χ1) is 11.6. The van der Waals surface area contributed by atoms with Gasteiger partial charge >= 0.3 is 5.97 Å². The highest BCUT2D eigenvalue weighted by Gasteiger charge is 2.24. The third-order valence-electron chi connectivity index (χ3n) is 4.47. The lowest BCUT2D eigenvalue weighted by atomic mass is 9.89. The molecule has 7 nitrogen and oxygen atoms in total. The van der Waals surface area contributed by atoms with Crippen LogP contribution >= 0.6 is 0 Å². The zero-order chi connectivity index (χ0) is 17.4. The molecule has 1 heterocycles.